The van der Waals surface area contributed by atoms with Gasteiger partial charge in [0.1, 0.15) is 5.17 Å². The zero-order valence-corrected chi connectivity index (χ0v) is 14.2. The van der Waals surface area contributed by atoms with Crippen LogP contribution in [-0.2, 0) is 4.74 Å². The molecule has 0 spiro atoms. The molecule has 0 fully saturated rings. The van der Waals surface area contributed by atoms with Crippen molar-refractivity contribution in [3.63, 3.8) is 0 Å². The Hall–Kier alpha value is -1.35. The second-order valence-electron chi connectivity index (χ2n) is 4.69. The molecule has 0 aromatic rings. The van der Waals surface area contributed by atoms with Crippen LogP contribution < -0.4 is 0 Å². The zero-order chi connectivity index (χ0) is 16.1. The van der Waals surface area contributed by atoms with Gasteiger partial charge in [-0.1, -0.05) is 43.7 Å². The first-order valence-corrected chi connectivity index (χ1v) is 7.78. The van der Waals surface area contributed by atoms with E-state index in [0.29, 0.717) is 10.9 Å². The van der Waals surface area contributed by atoms with Gasteiger partial charge in [0, 0.05) is 5.57 Å². The maximum absolute atomic E-state index is 7.89. The smallest absolute Gasteiger partial charge is 0.210 e. The van der Waals surface area contributed by atoms with Gasteiger partial charge >= 0.3 is 0 Å². The number of hydrogen-bond donors (Lipinski definition) is 1. The summed E-state index contributed by atoms with van der Waals surface area (Å²) in [5.74, 6) is 0.137. The van der Waals surface area contributed by atoms with E-state index in [-0.39, 0.29) is 5.90 Å². The van der Waals surface area contributed by atoms with Crippen LogP contribution in [0.25, 0.3) is 0 Å². The monoisotopic (exact) mass is 310 g/mol. The van der Waals surface area contributed by atoms with E-state index in [1.807, 2.05) is 0 Å². The summed E-state index contributed by atoms with van der Waals surface area (Å²) < 4.78 is 5.04. The molecule has 21 heavy (non-hydrogen) atoms. The highest BCUT2D eigenvalue weighted by atomic mass is 35.5. The van der Waals surface area contributed by atoms with Crippen LogP contribution in [0.2, 0.25) is 0 Å². The summed E-state index contributed by atoms with van der Waals surface area (Å²) in [5.41, 5.74) is 1.39. The summed E-state index contributed by atoms with van der Waals surface area (Å²) in [6, 6.07) is 0. The molecule has 0 bridgehead atoms. The summed E-state index contributed by atoms with van der Waals surface area (Å²) in [4.78, 5) is 4.22. The number of ether oxygens (including phenoxy) is 1. The van der Waals surface area contributed by atoms with Crippen molar-refractivity contribution in [2.75, 3.05) is 7.11 Å². The van der Waals surface area contributed by atoms with Gasteiger partial charge < -0.3 is 4.74 Å². The Morgan fingerprint density at radius 2 is 2.00 bits per heavy atom. The van der Waals surface area contributed by atoms with Gasteiger partial charge in [-0.15, -0.1) is 0 Å². The molecule has 0 heterocycles. The van der Waals surface area contributed by atoms with Gasteiger partial charge in [0.05, 0.1) is 12.8 Å². The fraction of sp³-hybridized carbons (Fsp3) is 0.529. The van der Waals surface area contributed by atoms with Gasteiger partial charge in [-0.25, -0.2) is 4.99 Å². The minimum atomic E-state index is 0.137. The van der Waals surface area contributed by atoms with Gasteiger partial charge in [-0.3, -0.25) is 5.41 Å². The van der Waals surface area contributed by atoms with E-state index in [1.165, 1.54) is 7.11 Å². The second-order valence-corrected chi connectivity index (χ2v) is 5.24. The first-order valence-electron chi connectivity index (χ1n) is 7.41. The molecule has 4 heteroatoms. The number of allylic oxidation sites excluding steroid dienone is 3. The summed E-state index contributed by atoms with van der Waals surface area (Å²) >= 11 is 5.82. The molecule has 0 radical (unpaired) electrons. The molecular formula is C17H27ClN2O. The lowest BCUT2D eigenvalue weighted by Crippen LogP contribution is -2.06. The van der Waals surface area contributed by atoms with Crippen molar-refractivity contribution in [1.29, 1.82) is 5.41 Å². The molecule has 0 aliphatic heterocycles. The maximum atomic E-state index is 7.89. The predicted molar refractivity (Wildman–Crippen MR) is 93.4 cm³/mol. The van der Waals surface area contributed by atoms with Crippen LogP contribution in [0.3, 0.4) is 0 Å². The van der Waals surface area contributed by atoms with Gasteiger partial charge in [0.15, 0.2) is 0 Å². The van der Waals surface area contributed by atoms with E-state index in [4.69, 9.17) is 21.7 Å². The van der Waals surface area contributed by atoms with Crippen LogP contribution in [0, 0.1) is 5.41 Å². The molecule has 0 unspecified atom stereocenters. The number of methoxy groups -OCH3 is 1. The van der Waals surface area contributed by atoms with E-state index >= 15 is 0 Å². The molecule has 0 amide bonds. The van der Waals surface area contributed by atoms with Crippen molar-refractivity contribution in [3.05, 3.63) is 36.1 Å². The van der Waals surface area contributed by atoms with Crippen molar-refractivity contribution < 1.29 is 4.74 Å². The Balaban J connectivity index is 4.62. The fourth-order valence-electron chi connectivity index (χ4n) is 1.91. The van der Waals surface area contributed by atoms with Crippen LogP contribution in [0.1, 0.15) is 52.4 Å². The fourth-order valence-corrected chi connectivity index (χ4v) is 2.00. The Morgan fingerprint density at radius 1 is 1.29 bits per heavy atom. The average molecular weight is 311 g/mol. The van der Waals surface area contributed by atoms with Gasteiger partial charge in [0.2, 0.25) is 5.90 Å². The highest BCUT2D eigenvalue weighted by molar-refractivity contribution is 6.64. The van der Waals surface area contributed by atoms with E-state index in [2.05, 4.69) is 30.6 Å². The molecule has 0 saturated carbocycles. The van der Waals surface area contributed by atoms with Crippen molar-refractivity contribution in [1.82, 2.24) is 0 Å². The third kappa shape index (κ3) is 9.24. The highest BCUT2D eigenvalue weighted by Gasteiger charge is 2.10. The van der Waals surface area contributed by atoms with Crippen molar-refractivity contribution in [2.24, 2.45) is 4.99 Å². The number of nitrogens with zero attached hydrogens (tertiary/aromatic N) is 1. The molecule has 1 N–H and O–H groups in total. The molecule has 0 aromatic heterocycles. The lowest BCUT2D eigenvalue weighted by Gasteiger charge is -2.10. The molecule has 0 rings (SSSR count). The minimum Gasteiger partial charge on any atom is -0.481 e. The van der Waals surface area contributed by atoms with Crippen molar-refractivity contribution in [3.8, 4) is 0 Å². The molecule has 0 aromatic carbocycles. The lowest BCUT2D eigenvalue weighted by atomic mass is 10.0. The van der Waals surface area contributed by atoms with E-state index in [0.717, 1.165) is 44.1 Å². The van der Waals surface area contributed by atoms with Crippen molar-refractivity contribution >= 4 is 22.7 Å². The van der Waals surface area contributed by atoms with Crippen LogP contribution >= 0.6 is 11.6 Å². The first kappa shape index (κ1) is 19.7. The van der Waals surface area contributed by atoms with Crippen molar-refractivity contribution in [2.45, 2.75) is 52.4 Å². The van der Waals surface area contributed by atoms with Crippen LogP contribution in [-0.4, -0.2) is 18.2 Å². The molecule has 0 atom stereocenters. The molecule has 118 valence electrons. The van der Waals surface area contributed by atoms with Gasteiger partial charge in [-0.05, 0) is 45.1 Å². The summed E-state index contributed by atoms with van der Waals surface area (Å²) in [5, 5.41) is 8.32. The van der Waals surface area contributed by atoms with Gasteiger partial charge in [-0.2, -0.15) is 0 Å². The molecular weight excluding hydrogens is 284 g/mol. The molecule has 0 aliphatic carbocycles. The lowest BCUT2D eigenvalue weighted by molar-refractivity contribution is 0.397. The van der Waals surface area contributed by atoms with Crippen LogP contribution in [0.4, 0.5) is 0 Å². The normalized spacial score (nSPS) is 13.2. The third-order valence-electron chi connectivity index (χ3n) is 2.96. The molecule has 3 nitrogen and oxygen atoms in total. The third-order valence-corrected chi connectivity index (χ3v) is 3.04. The largest absolute Gasteiger partial charge is 0.481 e. The number of hydrogen-bond acceptors (Lipinski definition) is 3. The average Bonchev–Trinajstić information content (AvgIpc) is 2.47. The maximum Gasteiger partial charge on any atom is 0.210 e. The standard InChI is InChI=1S/C17H27ClN2O/c1-5-7-8-9-10-11-12-13-15(17(19)21-4)16(6-2)20-14(3)18/h6-8,19H,2,5,9-13H2,1,3-4H3/b8-7+,16-15-,19-17?,20-14+. The molecule has 0 saturated heterocycles. The van der Waals surface area contributed by atoms with Crippen LogP contribution in [0.15, 0.2) is 41.1 Å². The molecule has 0 aliphatic rings. The summed E-state index contributed by atoms with van der Waals surface area (Å²) in [7, 11) is 1.50. The number of nitrogens with one attached hydrogen (secondary N) is 1. The minimum absolute atomic E-state index is 0.137. The second kappa shape index (κ2) is 12.4. The first-order chi connectivity index (χ1) is 10.1. The SMILES string of the molecule is C=CC(/N=C(\C)Cl)=C(\CCCCC/C=C/CC)C(=N)OC. The van der Waals surface area contributed by atoms with E-state index in [9.17, 15) is 0 Å². The number of rotatable bonds is 10. The van der Waals surface area contributed by atoms with Crippen LogP contribution in [0.5, 0.6) is 0 Å². The quantitative estimate of drug-likeness (QED) is 0.184. The Morgan fingerprint density at radius 3 is 2.52 bits per heavy atom. The topological polar surface area (TPSA) is 45.4 Å². The van der Waals surface area contributed by atoms with E-state index in [1.54, 1.807) is 13.0 Å². The Labute approximate surface area is 134 Å². The zero-order valence-electron chi connectivity index (χ0n) is 13.4. The Bertz CT molecular complexity index is 419. The predicted octanol–water partition coefficient (Wildman–Crippen LogP) is 5.62. The number of halogens is 1. The summed E-state index contributed by atoms with van der Waals surface area (Å²) in [6.45, 7) is 7.59. The van der Waals surface area contributed by atoms with Gasteiger partial charge in [0.25, 0.3) is 0 Å². The van der Waals surface area contributed by atoms with E-state index < -0.39 is 0 Å². The summed E-state index contributed by atoms with van der Waals surface area (Å²) in [6.07, 6.45) is 12.3. The highest BCUT2D eigenvalue weighted by Crippen LogP contribution is 2.18. The number of unbranched alkanes of at least 4 members (excludes halogenated alkanes) is 3. The Kier molecular flexibility index (Phi) is 11.6. The number of aliphatic imine (C=N–C) groups is 1.